The monoisotopic (exact) mass is 213 g/mol. The topological polar surface area (TPSA) is 61.4 Å². The Morgan fingerprint density at radius 2 is 2.13 bits per heavy atom. The maximum atomic E-state index is 11.4. The standard InChI is InChI=1S/C10H19N3O2/c1-7(2)5-4-6-11-8-9(14)13(3)10(15)12-8/h7-8,11H,4-6H2,1-3H3,(H,12,15). The molecule has 0 aromatic heterocycles. The van der Waals surface area contributed by atoms with Crippen molar-refractivity contribution in [1.29, 1.82) is 0 Å². The van der Waals surface area contributed by atoms with Gasteiger partial charge in [-0.1, -0.05) is 13.8 Å². The number of hydrogen-bond donors (Lipinski definition) is 2. The van der Waals surface area contributed by atoms with Gasteiger partial charge in [0.25, 0.3) is 5.91 Å². The van der Waals surface area contributed by atoms with Gasteiger partial charge in [-0.15, -0.1) is 0 Å². The quantitative estimate of drug-likeness (QED) is 0.517. The molecule has 0 bridgehead atoms. The molecule has 1 atom stereocenters. The second-order valence-corrected chi connectivity index (χ2v) is 4.27. The SMILES string of the molecule is CC(C)CCCNC1NC(=O)N(C)C1=O. The second-order valence-electron chi connectivity index (χ2n) is 4.27. The molecule has 0 radical (unpaired) electrons. The molecule has 2 N–H and O–H groups in total. The highest BCUT2D eigenvalue weighted by Gasteiger charge is 2.34. The van der Waals surface area contributed by atoms with Crippen LogP contribution >= 0.6 is 0 Å². The molecule has 1 aliphatic rings. The van der Waals surface area contributed by atoms with E-state index in [1.165, 1.54) is 7.05 Å². The predicted octanol–water partition coefficient (Wildman–Crippen LogP) is 0.520. The summed E-state index contributed by atoms with van der Waals surface area (Å²) in [5, 5.41) is 5.59. The lowest BCUT2D eigenvalue weighted by Crippen LogP contribution is -2.43. The maximum absolute atomic E-state index is 11.4. The Hall–Kier alpha value is -1.10. The van der Waals surface area contributed by atoms with E-state index in [2.05, 4.69) is 24.5 Å². The molecule has 0 aromatic rings. The van der Waals surface area contributed by atoms with E-state index >= 15 is 0 Å². The minimum atomic E-state index is -0.533. The third-order valence-electron chi connectivity index (χ3n) is 2.46. The van der Waals surface area contributed by atoms with Crippen molar-refractivity contribution >= 4 is 11.9 Å². The summed E-state index contributed by atoms with van der Waals surface area (Å²) in [5.41, 5.74) is 0. The first-order valence-corrected chi connectivity index (χ1v) is 5.34. The number of amides is 3. The number of nitrogens with zero attached hydrogens (tertiary/aromatic N) is 1. The molecule has 1 aliphatic heterocycles. The van der Waals surface area contributed by atoms with Crippen LogP contribution in [0, 0.1) is 5.92 Å². The molecule has 15 heavy (non-hydrogen) atoms. The lowest BCUT2D eigenvalue weighted by atomic mass is 10.1. The van der Waals surface area contributed by atoms with Gasteiger partial charge in [-0.25, -0.2) is 4.79 Å². The van der Waals surface area contributed by atoms with Crippen LogP contribution < -0.4 is 10.6 Å². The number of rotatable bonds is 5. The van der Waals surface area contributed by atoms with E-state index in [9.17, 15) is 9.59 Å². The molecular formula is C10H19N3O2. The van der Waals surface area contributed by atoms with E-state index in [4.69, 9.17) is 0 Å². The fraction of sp³-hybridized carbons (Fsp3) is 0.800. The first-order chi connectivity index (χ1) is 7.02. The highest BCUT2D eigenvalue weighted by atomic mass is 16.2. The molecule has 1 saturated heterocycles. The van der Waals surface area contributed by atoms with Crippen LogP contribution in [0.5, 0.6) is 0 Å². The van der Waals surface area contributed by atoms with Crippen molar-refractivity contribution in [2.24, 2.45) is 5.92 Å². The summed E-state index contributed by atoms with van der Waals surface area (Å²) in [4.78, 5) is 23.6. The fourth-order valence-electron chi connectivity index (χ4n) is 1.47. The molecule has 5 nitrogen and oxygen atoms in total. The van der Waals surface area contributed by atoms with Crippen molar-refractivity contribution in [2.45, 2.75) is 32.9 Å². The Labute approximate surface area is 90.2 Å². The van der Waals surface area contributed by atoms with Gasteiger partial charge in [0.05, 0.1) is 0 Å². The molecule has 3 amide bonds. The van der Waals surface area contributed by atoms with Crippen LogP contribution in [0.4, 0.5) is 4.79 Å². The summed E-state index contributed by atoms with van der Waals surface area (Å²) in [5.74, 6) is 0.466. The van der Waals surface area contributed by atoms with Crippen molar-refractivity contribution in [3.8, 4) is 0 Å². The third kappa shape index (κ3) is 3.20. The first-order valence-electron chi connectivity index (χ1n) is 5.34. The van der Waals surface area contributed by atoms with E-state index in [1.807, 2.05) is 0 Å². The smallest absolute Gasteiger partial charge is 0.314 e. The van der Waals surface area contributed by atoms with Crippen molar-refractivity contribution in [2.75, 3.05) is 13.6 Å². The molecule has 0 saturated carbocycles. The molecule has 5 heteroatoms. The Bertz CT molecular complexity index is 253. The van der Waals surface area contributed by atoms with Crippen LogP contribution in [0.25, 0.3) is 0 Å². The first kappa shape index (κ1) is 12.0. The van der Waals surface area contributed by atoms with E-state index in [0.717, 1.165) is 24.3 Å². The molecular weight excluding hydrogens is 194 g/mol. The molecule has 1 fully saturated rings. The summed E-state index contributed by atoms with van der Waals surface area (Å²) in [7, 11) is 1.48. The lowest BCUT2D eigenvalue weighted by molar-refractivity contribution is -0.127. The van der Waals surface area contributed by atoms with E-state index in [-0.39, 0.29) is 11.9 Å². The lowest BCUT2D eigenvalue weighted by Gasteiger charge is -2.10. The Balaban J connectivity index is 2.23. The molecule has 1 unspecified atom stereocenters. The van der Waals surface area contributed by atoms with Crippen molar-refractivity contribution in [3.63, 3.8) is 0 Å². The number of carbonyl (C=O) groups is 2. The average molecular weight is 213 g/mol. The van der Waals surface area contributed by atoms with Gasteiger partial charge in [0.2, 0.25) is 0 Å². The zero-order valence-electron chi connectivity index (χ0n) is 9.54. The number of hydrogen-bond acceptors (Lipinski definition) is 3. The number of carbonyl (C=O) groups excluding carboxylic acids is 2. The molecule has 1 rings (SSSR count). The van der Waals surface area contributed by atoms with Gasteiger partial charge >= 0.3 is 6.03 Å². The maximum Gasteiger partial charge on any atom is 0.325 e. The second kappa shape index (κ2) is 5.11. The predicted molar refractivity (Wildman–Crippen MR) is 57.2 cm³/mol. The van der Waals surface area contributed by atoms with Crippen LogP contribution in [0.1, 0.15) is 26.7 Å². The van der Waals surface area contributed by atoms with Gasteiger partial charge in [-0.3, -0.25) is 15.0 Å². The van der Waals surface area contributed by atoms with Crippen molar-refractivity contribution in [1.82, 2.24) is 15.5 Å². The van der Waals surface area contributed by atoms with Crippen LogP contribution in [0.3, 0.4) is 0 Å². The van der Waals surface area contributed by atoms with Crippen LogP contribution in [0.2, 0.25) is 0 Å². The molecule has 0 spiro atoms. The molecule has 0 aromatic carbocycles. The zero-order chi connectivity index (χ0) is 11.4. The zero-order valence-corrected chi connectivity index (χ0v) is 9.54. The summed E-state index contributed by atoms with van der Waals surface area (Å²) < 4.78 is 0. The summed E-state index contributed by atoms with van der Waals surface area (Å²) >= 11 is 0. The van der Waals surface area contributed by atoms with Crippen molar-refractivity contribution in [3.05, 3.63) is 0 Å². The van der Waals surface area contributed by atoms with Gasteiger partial charge in [0.1, 0.15) is 0 Å². The fourth-order valence-corrected chi connectivity index (χ4v) is 1.47. The minimum Gasteiger partial charge on any atom is -0.314 e. The number of likely N-dealkylation sites (N-methyl/N-ethyl adjacent to an activating group) is 1. The van der Waals surface area contributed by atoms with Gasteiger partial charge in [0, 0.05) is 7.05 Å². The van der Waals surface area contributed by atoms with Crippen LogP contribution in [-0.2, 0) is 4.79 Å². The highest BCUT2D eigenvalue weighted by Crippen LogP contribution is 2.04. The minimum absolute atomic E-state index is 0.204. The number of urea groups is 1. The average Bonchev–Trinajstić information content (AvgIpc) is 2.41. The van der Waals surface area contributed by atoms with Gasteiger partial charge in [-0.2, -0.15) is 0 Å². The highest BCUT2D eigenvalue weighted by molar-refractivity contribution is 6.03. The van der Waals surface area contributed by atoms with Gasteiger partial charge in [0.15, 0.2) is 6.17 Å². The van der Waals surface area contributed by atoms with Crippen LogP contribution in [0.15, 0.2) is 0 Å². The Kier molecular flexibility index (Phi) is 4.08. The summed E-state index contributed by atoms with van der Waals surface area (Å²) in [6.45, 7) is 5.08. The summed E-state index contributed by atoms with van der Waals surface area (Å²) in [6.07, 6.45) is 1.60. The van der Waals surface area contributed by atoms with Crippen LogP contribution in [-0.4, -0.2) is 36.6 Å². The van der Waals surface area contributed by atoms with E-state index in [0.29, 0.717) is 5.92 Å². The normalized spacial score (nSPS) is 21.3. The number of nitrogens with one attached hydrogen (secondary N) is 2. The molecule has 1 heterocycles. The van der Waals surface area contributed by atoms with E-state index < -0.39 is 6.17 Å². The summed E-state index contributed by atoms with van der Waals surface area (Å²) in [6, 6.07) is -0.332. The van der Waals surface area contributed by atoms with Crippen molar-refractivity contribution < 1.29 is 9.59 Å². The molecule has 86 valence electrons. The van der Waals surface area contributed by atoms with Gasteiger partial charge in [-0.05, 0) is 25.3 Å². The van der Waals surface area contributed by atoms with Gasteiger partial charge < -0.3 is 5.32 Å². The number of imide groups is 1. The Morgan fingerprint density at radius 3 is 2.60 bits per heavy atom. The van der Waals surface area contributed by atoms with E-state index in [1.54, 1.807) is 0 Å². The largest absolute Gasteiger partial charge is 0.325 e. The third-order valence-corrected chi connectivity index (χ3v) is 2.46. The Morgan fingerprint density at radius 1 is 1.47 bits per heavy atom. The molecule has 0 aliphatic carbocycles.